The van der Waals surface area contributed by atoms with Gasteiger partial charge in [0.1, 0.15) is 17.3 Å². The SMILES string of the molecule is COCCC(C)Nc1nc(C)c(-c2ccc(OC)cc2OC)nc1C. The second-order valence-electron chi connectivity index (χ2n) is 5.98. The molecule has 136 valence electrons. The van der Waals surface area contributed by atoms with Gasteiger partial charge in [-0.2, -0.15) is 0 Å². The van der Waals surface area contributed by atoms with Crippen molar-refractivity contribution >= 4 is 5.82 Å². The van der Waals surface area contributed by atoms with Crippen molar-refractivity contribution in [1.29, 1.82) is 0 Å². The highest BCUT2D eigenvalue weighted by molar-refractivity contribution is 5.71. The minimum Gasteiger partial charge on any atom is -0.497 e. The van der Waals surface area contributed by atoms with E-state index in [2.05, 4.69) is 12.2 Å². The average Bonchev–Trinajstić information content (AvgIpc) is 2.62. The van der Waals surface area contributed by atoms with E-state index in [0.717, 1.165) is 40.6 Å². The molecule has 1 unspecified atom stereocenters. The van der Waals surface area contributed by atoms with Crippen LogP contribution in [0, 0.1) is 13.8 Å². The summed E-state index contributed by atoms with van der Waals surface area (Å²) in [6.45, 7) is 6.73. The fraction of sp³-hybridized carbons (Fsp3) is 0.474. The van der Waals surface area contributed by atoms with Crippen molar-refractivity contribution < 1.29 is 14.2 Å². The lowest BCUT2D eigenvalue weighted by Gasteiger charge is -2.18. The number of aryl methyl sites for hydroxylation is 2. The summed E-state index contributed by atoms with van der Waals surface area (Å²) >= 11 is 0. The molecule has 0 aliphatic heterocycles. The second-order valence-corrected chi connectivity index (χ2v) is 5.98. The van der Waals surface area contributed by atoms with Crippen LogP contribution < -0.4 is 14.8 Å². The highest BCUT2D eigenvalue weighted by Crippen LogP contribution is 2.34. The van der Waals surface area contributed by atoms with Crippen molar-refractivity contribution in [2.45, 2.75) is 33.2 Å². The molecule has 0 aliphatic rings. The van der Waals surface area contributed by atoms with Gasteiger partial charge < -0.3 is 19.5 Å². The molecule has 0 saturated heterocycles. The number of rotatable bonds is 8. The number of hydrogen-bond donors (Lipinski definition) is 1. The number of benzene rings is 1. The van der Waals surface area contributed by atoms with Gasteiger partial charge in [-0.25, -0.2) is 9.97 Å². The summed E-state index contributed by atoms with van der Waals surface area (Å²) in [6, 6.07) is 5.95. The zero-order chi connectivity index (χ0) is 18.4. The van der Waals surface area contributed by atoms with E-state index < -0.39 is 0 Å². The summed E-state index contributed by atoms with van der Waals surface area (Å²) in [7, 11) is 4.98. The maximum atomic E-state index is 5.50. The maximum Gasteiger partial charge on any atom is 0.148 e. The zero-order valence-electron chi connectivity index (χ0n) is 15.8. The zero-order valence-corrected chi connectivity index (χ0v) is 15.8. The van der Waals surface area contributed by atoms with E-state index in [9.17, 15) is 0 Å². The van der Waals surface area contributed by atoms with Crippen LogP contribution in [0.25, 0.3) is 11.3 Å². The molecular formula is C19H27N3O3. The largest absolute Gasteiger partial charge is 0.497 e. The molecule has 1 aromatic carbocycles. The molecule has 1 N–H and O–H groups in total. The Morgan fingerprint density at radius 3 is 2.44 bits per heavy atom. The Balaban J connectivity index is 2.34. The predicted octanol–water partition coefficient (Wildman–Crippen LogP) is 3.61. The number of hydrogen-bond acceptors (Lipinski definition) is 6. The molecule has 1 aromatic heterocycles. The number of anilines is 1. The monoisotopic (exact) mass is 345 g/mol. The third-order valence-electron chi connectivity index (χ3n) is 4.05. The minimum atomic E-state index is 0.258. The molecule has 0 fully saturated rings. The third-order valence-corrected chi connectivity index (χ3v) is 4.05. The van der Waals surface area contributed by atoms with Crippen LogP contribution in [-0.4, -0.2) is 43.9 Å². The lowest BCUT2D eigenvalue weighted by Crippen LogP contribution is -2.19. The second kappa shape index (κ2) is 8.67. The number of nitrogens with zero attached hydrogens (tertiary/aromatic N) is 2. The van der Waals surface area contributed by atoms with E-state index in [4.69, 9.17) is 24.2 Å². The molecule has 2 rings (SSSR count). The lowest BCUT2D eigenvalue weighted by molar-refractivity contribution is 0.191. The van der Waals surface area contributed by atoms with Gasteiger partial charge in [0.2, 0.25) is 0 Å². The molecule has 0 aliphatic carbocycles. The van der Waals surface area contributed by atoms with Crippen LogP contribution in [0.5, 0.6) is 11.5 Å². The normalized spacial score (nSPS) is 11.9. The topological polar surface area (TPSA) is 65.5 Å². The Hall–Kier alpha value is -2.34. The first-order valence-corrected chi connectivity index (χ1v) is 8.33. The van der Waals surface area contributed by atoms with Crippen LogP contribution in [0.1, 0.15) is 24.7 Å². The van der Waals surface area contributed by atoms with Gasteiger partial charge in [-0.3, -0.25) is 0 Å². The Bertz CT molecular complexity index is 719. The highest BCUT2D eigenvalue weighted by Gasteiger charge is 2.15. The van der Waals surface area contributed by atoms with Crippen LogP contribution in [0.15, 0.2) is 18.2 Å². The molecule has 25 heavy (non-hydrogen) atoms. The Kier molecular flexibility index (Phi) is 6.58. The maximum absolute atomic E-state index is 5.50. The molecule has 6 heteroatoms. The first kappa shape index (κ1) is 19.0. The van der Waals surface area contributed by atoms with Crippen molar-refractivity contribution in [1.82, 2.24) is 9.97 Å². The van der Waals surface area contributed by atoms with E-state index >= 15 is 0 Å². The molecule has 6 nitrogen and oxygen atoms in total. The van der Waals surface area contributed by atoms with Crippen LogP contribution in [0.3, 0.4) is 0 Å². The molecule has 0 saturated carbocycles. The number of methoxy groups -OCH3 is 3. The van der Waals surface area contributed by atoms with Gasteiger partial charge in [0, 0.05) is 31.4 Å². The first-order chi connectivity index (χ1) is 12.0. The summed E-state index contributed by atoms with van der Waals surface area (Å²) in [5, 5.41) is 3.41. The van der Waals surface area contributed by atoms with E-state index in [1.54, 1.807) is 21.3 Å². The Labute approximate surface area is 149 Å². The van der Waals surface area contributed by atoms with Gasteiger partial charge in [0.25, 0.3) is 0 Å². The van der Waals surface area contributed by atoms with Crippen molar-refractivity contribution in [2.24, 2.45) is 0 Å². The molecule has 0 spiro atoms. The Morgan fingerprint density at radius 2 is 1.80 bits per heavy atom. The first-order valence-electron chi connectivity index (χ1n) is 8.33. The van der Waals surface area contributed by atoms with Gasteiger partial charge in [0.05, 0.1) is 31.3 Å². The van der Waals surface area contributed by atoms with E-state index in [0.29, 0.717) is 12.4 Å². The fourth-order valence-corrected chi connectivity index (χ4v) is 2.59. The molecule has 0 radical (unpaired) electrons. The number of aromatic nitrogens is 2. The molecule has 0 bridgehead atoms. The summed E-state index contributed by atoms with van der Waals surface area (Å²) in [6.07, 6.45) is 0.907. The molecule has 1 atom stereocenters. The van der Waals surface area contributed by atoms with E-state index in [1.807, 2.05) is 32.0 Å². The van der Waals surface area contributed by atoms with Crippen LogP contribution in [-0.2, 0) is 4.74 Å². The Morgan fingerprint density at radius 1 is 1.04 bits per heavy atom. The van der Waals surface area contributed by atoms with E-state index in [-0.39, 0.29) is 6.04 Å². The summed E-state index contributed by atoms with van der Waals surface area (Å²) < 4.78 is 15.9. The van der Waals surface area contributed by atoms with Crippen LogP contribution in [0.4, 0.5) is 5.82 Å². The smallest absolute Gasteiger partial charge is 0.148 e. The summed E-state index contributed by atoms with van der Waals surface area (Å²) in [4.78, 5) is 9.48. The number of ether oxygens (including phenoxy) is 3. The molecule has 0 amide bonds. The minimum absolute atomic E-state index is 0.258. The van der Waals surface area contributed by atoms with Gasteiger partial charge in [0.15, 0.2) is 0 Å². The quantitative estimate of drug-likeness (QED) is 0.788. The standard InChI is InChI=1S/C19H27N3O3/c1-12(9-10-23-4)20-19-14(3)21-18(13(2)22-19)16-8-7-15(24-5)11-17(16)25-6/h7-8,11-12H,9-10H2,1-6H3,(H,20,22). The van der Waals surface area contributed by atoms with Gasteiger partial charge in [-0.1, -0.05) is 0 Å². The van der Waals surface area contributed by atoms with Gasteiger partial charge in [-0.15, -0.1) is 0 Å². The van der Waals surface area contributed by atoms with Gasteiger partial charge in [-0.05, 0) is 39.3 Å². The van der Waals surface area contributed by atoms with Gasteiger partial charge >= 0.3 is 0 Å². The number of nitrogens with one attached hydrogen (secondary N) is 1. The molecular weight excluding hydrogens is 318 g/mol. The highest BCUT2D eigenvalue weighted by atomic mass is 16.5. The lowest BCUT2D eigenvalue weighted by atomic mass is 10.1. The van der Waals surface area contributed by atoms with Crippen LogP contribution in [0.2, 0.25) is 0 Å². The average molecular weight is 345 g/mol. The third kappa shape index (κ3) is 4.60. The van der Waals surface area contributed by atoms with Crippen molar-refractivity contribution in [3.05, 3.63) is 29.6 Å². The predicted molar refractivity (Wildman–Crippen MR) is 99.6 cm³/mol. The fourth-order valence-electron chi connectivity index (χ4n) is 2.59. The van der Waals surface area contributed by atoms with E-state index in [1.165, 1.54) is 0 Å². The van der Waals surface area contributed by atoms with Crippen LogP contribution >= 0.6 is 0 Å². The summed E-state index contributed by atoms with van der Waals surface area (Å²) in [5.74, 6) is 2.26. The summed E-state index contributed by atoms with van der Waals surface area (Å²) in [5.41, 5.74) is 3.40. The van der Waals surface area contributed by atoms with Crippen molar-refractivity contribution in [3.63, 3.8) is 0 Å². The van der Waals surface area contributed by atoms with Crippen molar-refractivity contribution in [2.75, 3.05) is 33.3 Å². The van der Waals surface area contributed by atoms with Crippen molar-refractivity contribution in [3.8, 4) is 22.8 Å². The molecule has 1 heterocycles. The molecule has 2 aromatic rings.